The highest BCUT2D eigenvalue weighted by Crippen LogP contribution is 2.29. The van der Waals surface area contributed by atoms with Gasteiger partial charge in [-0.05, 0) is 61.7 Å². The van der Waals surface area contributed by atoms with Crippen molar-refractivity contribution in [3.63, 3.8) is 0 Å². The van der Waals surface area contributed by atoms with Gasteiger partial charge in [0, 0.05) is 18.9 Å². The van der Waals surface area contributed by atoms with Crippen LogP contribution in [0.3, 0.4) is 0 Å². The molecule has 1 saturated heterocycles. The SMILES string of the molecule is N=N/C(=C\NCc1ccccn1)CN1CCC(c2cccc(O)c2)CC1. The van der Waals surface area contributed by atoms with Crippen molar-refractivity contribution in [3.05, 3.63) is 71.8 Å². The van der Waals surface area contributed by atoms with Gasteiger partial charge in [0.05, 0.1) is 17.9 Å². The third-order valence-electron chi connectivity index (χ3n) is 4.74. The molecule has 2 aromatic rings. The lowest BCUT2D eigenvalue weighted by atomic mass is 9.89. The lowest BCUT2D eigenvalue weighted by molar-refractivity contribution is 0.226. The molecule has 0 unspecified atom stereocenters. The van der Waals surface area contributed by atoms with Gasteiger partial charge in [0.25, 0.3) is 0 Å². The third-order valence-corrected chi connectivity index (χ3v) is 4.74. The van der Waals surface area contributed by atoms with Crippen molar-refractivity contribution in [1.29, 1.82) is 5.53 Å². The zero-order valence-electron chi connectivity index (χ0n) is 14.8. The fraction of sp³-hybridized carbons (Fsp3) is 0.350. The Kier molecular flexibility index (Phi) is 6.33. The lowest BCUT2D eigenvalue weighted by Gasteiger charge is -2.32. The number of phenols is 1. The van der Waals surface area contributed by atoms with E-state index in [-0.39, 0.29) is 0 Å². The average Bonchev–Trinajstić information content (AvgIpc) is 2.68. The van der Waals surface area contributed by atoms with Gasteiger partial charge in [-0.15, -0.1) is 0 Å². The first-order chi connectivity index (χ1) is 12.7. The number of hydrogen-bond donors (Lipinski definition) is 3. The highest BCUT2D eigenvalue weighted by molar-refractivity contribution is 5.30. The summed E-state index contributed by atoms with van der Waals surface area (Å²) < 4.78 is 0. The van der Waals surface area contributed by atoms with Crippen LogP contribution >= 0.6 is 0 Å². The second kappa shape index (κ2) is 9.10. The molecule has 3 rings (SSSR count). The summed E-state index contributed by atoms with van der Waals surface area (Å²) in [6.07, 6.45) is 5.68. The van der Waals surface area contributed by atoms with E-state index in [1.165, 1.54) is 5.56 Å². The molecular formula is C20H25N5O. The molecule has 136 valence electrons. The van der Waals surface area contributed by atoms with E-state index >= 15 is 0 Å². The second-order valence-corrected chi connectivity index (χ2v) is 6.59. The van der Waals surface area contributed by atoms with E-state index in [4.69, 9.17) is 5.53 Å². The maximum absolute atomic E-state index is 9.65. The zero-order chi connectivity index (χ0) is 18.2. The maximum Gasteiger partial charge on any atom is 0.115 e. The highest BCUT2D eigenvalue weighted by atomic mass is 16.3. The Hall–Kier alpha value is -2.73. The van der Waals surface area contributed by atoms with E-state index in [0.29, 0.717) is 24.8 Å². The van der Waals surface area contributed by atoms with Crippen LogP contribution in [0.5, 0.6) is 5.75 Å². The van der Waals surface area contributed by atoms with Crippen LogP contribution in [0.4, 0.5) is 0 Å². The standard InChI is InChI=1S/C20H25N5O/c21-24-19(14-22-13-18-5-1-2-9-23-18)15-25-10-7-16(8-11-25)17-4-3-6-20(26)12-17/h1-6,9,12,14,16,21-22,26H,7-8,10-11,13,15H2/b19-14-,24-21?. The summed E-state index contributed by atoms with van der Waals surface area (Å²) in [6.45, 7) is 3.23. The first-order valence-electron chi connectivity index (χ1n) is 8.95. The molecule has 2 heterocycles. The summed E-state index contributed by atoms with van der Waals surface area (Å²) in [4.78, 5) is 6.59. The normalized spacial score (nSPS) is 16.4. The molecule has 3 N–H and O–H groups in total. The van der Waals surface area contributed by atoms with Crippen LogP contribution in [-0.2, 0) is 6.54 Å². The zero-order valence-corrected chi connectivity index (χ0v) is 14.8. The predicted octanol–water partition coefficient (Wildman–Crippen LogP) is 3.63. The summed E-state index contributed by atoms with van der Waals surface area (Å²) in [7, 11) is 0. The quantitative estimate of drug-likeness (QED) is 0.665. The van der Waals surface area contributed by atoms with Crippen LogP contribution in [0.1, 0.15) is 30.0 Å². The van der Waals surface area contributed by atoms with Gasteiger partial charge in [0.1, 0.15) is 5.75 Å². The molecule has 0 atom stereocenters. The number of hydrogen-bond acceptors (Lipinski definition) is 6. The molecule has 1 aromatic heterocycles. The highest BCUT2D eigenvalue weighted by Gasteiger charge is 2.21. The van der Waals surface area contributed by atoms with Gasteiger partial charge in [0.2, 0.25) is 0 Å². The summed E-state index contributed by atoms with van der Waals surface area (Å²) in [5, 5.41) is 16.5. The molecule has 0 amide bonds. The smallest absolute Gasteiger partial charge is 0.115 e. The number of benzene rings is 1. The number of piperidine rings is 1. The Morgan fingerprint density at radius 2 is 2.12 bits per heavy atom. The van der Waals surface area contributed by atoms with Gasteiger partial charge in [-0.25, -0.2) is 5.53 Å². The minimum atomic E-state index is 0.335. The molecule has 0 aliphatic carbocycles. The average molecular weight is 351 g/mol. The van der Waals surface area contributed by atoms with Crippen molar-refractivity contribution in [2.75, 3.05) is 19.6 Å². The van der Waals surface area contributed by atoms with Crippen molar-refractivity contribution >= 4 is 0 Å². The van der Waals surface area contributed by atoms with E-state index < -0.39 is 0 Å². The van der Waals surface area contributed by atoms with Crippen LogP contribution < -0.4 is 5.32 Å². The van der Waals surface area contributed by atoms with Crippen molar-refractivity contribution < 1.29 is 5.11 Å². The van der Waals surface area contributed by atoms with E-state index in [2.05, 4.69) is 26.4 Å². The van der Waals surface area contributed by atoms with Crippen molar-refractivity contribution in [3.8, 4) is 5.75 Å². The molecule has 0 spiro atoms. The molecule has 1 aromatic carbocycles. The van der Waals surface area contributed by atoms with Crippen molar-refractivity contribution in [1.82, 2.24) is 15.2 Å². The van der Waals surface area contributed by atoms with E-state index in [1.54, 1.807) is 12.3 Å². The topological polar surface area (TPSA) is 84.6 Å². The number of aromatic hydroxyl groups is 1. The van der Waals surface area contributed by atoms with Crippen molar-refractivity contribution in [2.45, 2.75) is 25.3 Å². The summed E-state index contributed by atoms with van der Waals surface area (Å²) in [5.41, 5.74) is 10.3. The molecule has 26 heavy (non-hydrogen) atoms. The van der Waals surface area contributed by atoms with Gasteiger partial charge in [-0.1, -0.05) is 18.2 Å². The minimum Gasteiger partial charge on any atom is -0.508 e. The summed E-state index contributed by atoms with van der Waals surface area (Å²) >= 11 is 0. The fourth-order valence-corrected chi connectivity index (χ4v) is 3.32. The van der Waals surface area contributed by atoms with Gasteiger partial charge in [0.15, 0.2) is 0 Å². The Morgan fingerprint density at radius 1 is 1.27 bits per heavy atom. The van der Waals surface area contributed by atoms with Gasteiger partial charge in [-0.2, -0.15) is 5.11 Å². The number of nitrogens with one attached hydrogen (secondary N) is 2. The first kappa shape index (κ1) is 18.1. The summed E-state index contributed by atoms with van der Waals surface area (Å²) in [6, 6.07) is 13.4. The maximum atomic E-state index is 9.65. The molecule has 6 nitrogen and oxygen atoms in total. The molecule has 0 bridgehead atoms. The van der Waals surface area contributed by atoms with Crippen LogP contribution in [0, 0.1) is 5.53 Å². The Balaban J connectivity index is 1.47. The number of aromatic nitrogens is 1. The van der Waals surface area contributed by atoms with Gasteiger partial charge >= 0.3 is 0 Å². The fourth-order valence-electron chi connectivity index (χ4n) is 3.32. The molecule has 6 heteroatoms. The number of rotatable bonds is 7. The molecule has 0 saturated carbocycles. The van der Waals surface area contributed by atoms with Crippen LogP contribution in [0.15, 0.2) is 65.7 Å². The van der Waals surface area contributed by atoms with E-state index in [9.17, 15) is 5.11 Å². The molecule has 0 radical (unpaired) electrons. The Bertz CT molecular complexity index is 739. The van der Waals surface area contributed by atoms with Gasteiger partial charge < -0.3 is 10.4 Å². The lowest BCUT2D eigenvalue weighted by Crippen LogP contribution is -2.34. The number of phenolic OH excluding ortho intramolecular Hbond substituents is 1. The van der Waals surface area contributed by atoms with Crippen LogP contribution in [0.2, 0.25) is 0 Å². The molecule has 1 aliphatic rings. The van der Waals surface area contributed by atoms with E-state index in [1.807, 2.05) is 36.5 Å². The predicted molar refractivity (Wildman–Crippen MR) is 101 cm³/mol. The molecule has 1 fully saturated rings. The summed E-state index contributed by atoms with van der Waals surface area (Å²) in [5.74, 6) is 0.822. The van der Waals surface area contributed by atoms with Gasteiger partial charge in [-0.3, -0.25) is 9.88 Å². The second-order valence-electron chi connectivity index (χ2n) is 6.59. The van der Waals surface area contributed by atoms with Crippen LogP contribution in [-0.4, -0.2) is 34.6 Å². The number of pyridine rings is 1. The third kappa shape index (κ3) is 5.13. The van der Waals surface area contributed by atoms with Crippen LogP contribution in [0.25, 0.3) is 0 Å². The minimum absolute atomic E-state index is 0.335. The monoisotopic (exact) mass is 351 g/mol. The number of likely N-dealkylation sites (tertiary alicyclic amines) is 1. The Morgan fingerprint density at radius 3 is 2.81 bits per heavy atom. The van der Waals surface area contributed by atoms with Crippen molar-refractivity contribution in [2.24, 2.45) is 5.11 Å². The first-order valence-corrected chi connectivity index (χ1v) is 8.95. The largest absolute Gasteiger partial charge is 0.508 e. The Labute approximate surface area is 154 Å². The van der Waals surface area contributed by atoms with E-state index in [0.717, 1.165) is 37.3 Å². The molecule has 1 aliphatic heterocycles. The molecular weight excluding hydrogens is 326 g/mol. The number of nitrogens with zero attached hydrogens (tertiary/aromatic N) is 3.